The number of carbonyl (C=O) groups is 1. The van der Waals surface area contributed by atoms with E-state index in [0.29, 0.717) is 16.6 Å². The molecule has 2 unspecified atom stereocenters. The van der Waals surface area contributed by atoms with Crippen LogP contribution in [-0.2, 0) is 10.8 Å². The molecule has 5 nitrogen and oxygen atoms in total. The number of aromatic nitrogens is 1. The van der Waals surface area contributed by atoms with Crippen molar-refractivity contribution >= 4 is 33.2 Å². The molecule has 0 saturated heterocycles. The molecule has 2 N–H and O–H groups in total. The summed E-state index contributed by atoms with van der Waals surface area (Å²) in [5.74, 6) is -0.448. The van der Waals surface area contributed by atoms with Gasteiger partial charge in [-0.25, -0.2) is 9.78 Å². The van der Waals surface area contributed by atoms with Gasteiger partial charge in [-0.2, -0.15) is 0 Å². The molecule has 1 aromatic rings. The molecule has 0 bridgehead atoms. The van der Waals surface area contributed by atoms with Crippen LogP contribution in [0, 0.1) is 6.92 Å². The van der Waals surface area contributed by atoms with Crippen molar-refractivity contribution < 1.29 is 14.1 Å². The molecular weight excluding hydrogens is 248 g/mol. The summed E-state index contributed by atoms with van der Waals surface area (Å²) in [5, 5.41) is 12.5. The number of aryl methyl sites for hydroxylation is 1. The Bertz CT molecular complexity index is 417. The quantitative estimate of drug-likeness (QED) is 0.837. The molecule has 90 valence electrons. The lowest BCUT2D eigenvalue weighted by molar-refractivity contribution is 0.0701. The number of aromatic carboxylic acids is 1. The zero-order valence-corrected chi connectivity index (χ0v) is 10.9. The first-order valence-corrected chi connectivity index (χ1v) is 7.21. The Balaban J connectivity index is 2.71. The number of rotatable bonds is 5. The largest absolute Gasteiger partial charge is 0.477 e. The molecular formula is C9H14N2O3S2. The van der Waals surface area contributed by atoms with E-state index in [1.54, 1.807) is 13.2 Å². The van der Waals surface area contributed by atoms with E-state index in [-0.39, 0.29) is 10.9 Å². The monoisotopic (exact) mass is 262 g/mol. The van der Waals surface area contributed by atoms with Crippen molar-refractivity contribution in [1.82, 2.24) is 4.98 Å². The van der Waals surface area contributed by atoms with Crippen LogP contribution < -0.4 is 5.32 Å². The first-order chi connectivity index (χ1) is 7.40. The Hall–Kier alpha value is -0.950. The van der Waals surface area contributed by atoms with Gasteiger partial charge in [0.05, 0.1) is 5.69 Å². The van der Waals surface area contributed by atoms with Gasteiger partial charge in [0.15, 0.2) is 5.13 Å². The third-order valence-electron chi connectivity index (χ3n) is 1.85. The van der Waals surface area contributed by atoms with Crippen LogP contribution in [-0.4, -0.2) is 38.3 Å². The number of hydrogen-bond donors (Lipinski definition) is 2. The molecule has 0 aliphatic rings. The highest BCUT2D eigenvalue weighted by Crippen LogP contribution is 2.22. The Kier molecular flexibility index (Phi) is 4.43. The molecule has 0 aliphatic heterocycles. The van der Waals surface area contributed by atoms with Crippen molar-refractivity contribution in [2.75, 3.05) is 17.3 Å². The summed E-state index contributed by atoms with van der Waals surface area (Å²) in [7, 11) is -0.879. The van der Waals surface area contributed by atoms with Gasteiger partial charge in [-0.15, -0.1) is 0 Å². The Morgan fingerprint density at radius 1 is 1.69 bits per heavy atom. The van der Waals surface area contributed by atoms with Crippen molar-refractivity contribution in [1.29, 1.82) is 0 Å². The van der Waals surface area contributed by atoms with Gasteiger partial charge in [-0.3, -0.25) is 4.21 Å². The van der Waals surface area contributed by atoms with Crippen LogP contribution in [0.3, 0.4) is 0 Å². The average molecular weight is 262 g/mol. The molecule has 7 heteroatoms. The van der Waals surface area contributed by atoms with E-state index in [4.69, 9.17) is 5.11 Å². The summed E-state index contributed by atoms with van der Waals surface area (Å²) in [5.41, 5.74) is 0.504. The van der Waals surface area contributed by atoms with Crippen molar-refractivity contribution in [3.63, 3.8) is 0 Å². The summed E-state index contributed by atoms with van der Waals surface area (Å²) >= 11 is 1.10. The van der Waals surface area contributed by atoms with Gasteiger partial charge in [-0.05, 0) is 13.8 Å². The third kappa shape index (κ3) is 3.57. The Morgan fingerprint density at radius 3 is 2.75 bits per heavy atom. The number of thiazole rings is 1. The van der Waals surface area contributed by atoms with Crippen LogP contribution in [0.5, 0.6) is 0 Å². The molecule has 0 fully saturated rings. The molecule has 0 spiro atoms. The fraction of sp³-hybridized carbons (Fsp3) is 0.556. The maximum atomic E-state index is 11.0. The second-order valence-electron chi connectivity index (χ2n) is 3.52. The van der Waals surface area contributed by atoms with Crippen LogP contribution in [0.1, 0.15) is 22.3 Å². The summed E-state index contributed by atoms with van der Waals surface area (Å²) in [6, 6.07) is 0.0121. The minimum absolute atomic E-state index is 0.0121. The lowest BCUT2D eigenvalue weighted by Crippen LogP contribution is -2.22. The summed E-state index contributed by atoms with van der Waals surface area (Å²) in [6.45, 7) is 3.55. The van der Waals surface area contributed by atoms with E-state index in [2.05, 4.69) is 10.3 Å². The fourth-order valence-electron chi connectivity index (χ4n) is 1.26. The van der Waals surface area contributed by atoms with Crippen molar-refractivity contribution in [2.24, 2.45) is 0 Å². The van der Waals surface area contributed by atoms with E-state index in [1.807, 2.05) is 6.92 Å². The number of hydrogen-bond acceptors (Lipinski definition) is 5. The van der Waals surface area contributed by atoms with Crippen LogP contribution in [0.15, 0.2) is 0 Å². The Labute approximate surface area is 100 Å². The van der Waals surface area contributed by atoms with Gasteiger partial charge in [-0.1, -0.05) is 11.3 Å². The van der Waals surface area contributed by atoms with Gasteiger partial charge in [0.1, 0.15) is 4.88 Å². The maximum absolute atomic E-state index is 11.0. The minimum atomic E-state index is -0.963. The molecule has 1 rings (SSSR count). The molecule has 0 saturated carbocycles. The van der Waals surface area contributed by atoms with Crippen LogP contribution in [0.2, 0.25) is 0 Å². The molecule has 1 aromatic heterocycles. The highest BCUT2D eigenvalue weighted by atomic mass is 32.2. The molecule has 2 atom stereocenters. The zero-order chi connectivity index (χ0) is 12.3. The number of carboxylic acid groups (broad SMARTS) is 1. The summed E-state index contributed by atoms with van der Waals surface area (Å²) in [4.78, 5) is 15.1. The zero-order valence-electron chi connectivity index (χ0n) is 9.31. The lowest BCUT2D eigenvalue weighted by Gasteiger charge is -2.10. The fourth-order valence-corrected chi connectivity index (χ4v) is 2.97. The summed E-state index contributed by atoms with van der Waals surface area (Å²) < 4.78 is 11.0. The van der Waals surface area contributed by atoms with E-state index in [9.17, 15) is 9.00 Å². The topological polar surface area (TPSA) is 79.3 Å². The van der Waals surface area contributed by atoms with Gasteiger partial charge < -0.3 is 10.4 Å². The van der Waals surface area contributed by atoms with Crippen molar-refractivity contribution in [3.05, 3.63) is 10.6 Å². The molecule has 0 amide bonds. The van der Waals surface area contributed by atoms with Gasteiger partial charge in [0, 0.05) is 28.9 Å². The number of carboxylic acids is 1. The summed E-state index contributed by atoms with van der Waals surface area (Å²) in [6.07, 6.45) is 1.63. The predicted octanol–water partition coefficient (Wildman–Crippen LogP) is 1.33. The molecule has 0 aromatic carbocycles. The standard InChI is InChI=1S/C9H14N2O3S2/c1-5(4-16(3)14)10-9-11-6(2)7(15-9)8(12)13/h5H,4H2,1-3H3,(H,10,11)(H,12,13). The maximum Gasteiger partial charge on any atom is 0.347 e. The van der Waals surface area contributed by atoms with Crippen molar-refractivity contribution in [2.45, 2.75) is 19.9 Å². The van der Waals surface area contributed by atoms with Crippen LogP contribution in [0.4, 0.5) is 5.13 Å². The van der Waals surface area contributed by atoms with Gasteiger partial charge in [0.25, 0.3) is 0 Å². The smallest absolute Gasteiger partial charge is 0.347 e. The van der Waals surface area contributed by atoms with Crippen LogP contribution in [0.25, 0.3) is 0 Å². The molecule has 1 heterocycles. The van der Waals surface area contributed by atoms with E-state index < -0.39 is 16.8 Å². The van der Waals surface area contributed by atoms with E-state index >= 15 is 0 Å². The SMILES string of the molecule is Cc1nc(NC(C)CS(C)=O)sc1C(=O)O. The third-order valence-corrected chi connectivity index (χ3v) is 3.89. The van der Waals surface area contributed by atoms with E-state index in [0.717, 1.165) is 11.3 Å². The highest BCUT2D eigenvalue weighted by Gasteiger charge is 2.15. The average Bonchev–Trinajstić information content (AvgIpc) is 2.44. The number of nitrogens with zero attached hydrogens (tertiary/aromatic N) is 1. The first kappa shape index (κ1) is 13.1. The highest BCUT2D eigenvalue weighted by molar-refractivity contribution is 7.84. The number of nitrogens with one attached hydrogen (secondary N) is 1. The molecule has 0 aliphatic carbocycles. The molecule has 0 radical (unpaired) electrons. The van der Waals surface area contributed by atoms with Gasteiger partial charge >= 0.3 is 5.97 Å². The second-order valence-corrected chi connectivity index (χ2v) is 6.00. The lowest BCUT2D eigenvalue weighted by atomic mass is 10.4. The normalized spacial score (nSPS) is 14.4. The minimum Gasteiger partial charge on any atom is -0.477 e. The first-order valence-electron chi connectivity index (χ1n) is 4.67. The molecule has 16 heavy (non-hydrogen) atoms. The van der Waals surface area contributed by atoms with Crippen molar-refractivity contribution in [3.8, 4) is 0 Å². The van der Waals surface area contributed by atoms with E-state index in [1.165, 1.54) is 0 Å². The predicted molar refractivity (Wildman–Crippen MR) is 65.8 cm³/mol. The van der Waals surface area contributed by atoms with Crippen LogP contribution >= 0.6 is 11.3 Å². The Morgan fingerprint density at radius 2 is 2.31 bits per heavy atom. The number of anilines is 1. The second kappa shape index (κ2) is 5.40. The van der Waals surface area contributed by atoms with Gasteiger partial charge in [0.2, 0.25) is 0 Å².